The molecule has 29 heavy (non-hydrogen) atoms. The first-order valence-corrected chi connectivity index (χ1v) is 12.2. The molecule has 0 atom stereocenters. The highest BCUT2D eigenvalue weighted by Crippen LogP contribution is 2.40. The Morgan fingerprint density at radius 1 is 0.793 bits per heavy atom. The molecule has 2 aromatic heterocycles. The summed E-state index contributed by atoms with van der Waals surface area (Å²) in [5.74, 6) is 0. The number of hydrogen-bond donors (Lipinski definition) is 0. The molecule has 2 heteroatoms. The zero-order chi connectivity index (χ0) is 19.5. The molecule has 0 amide bonds. The molecule has 0 aromatic carbocycles. The van der Waals surface area contributed by atoms with Crippen LogP contribution in [0, 0.1) is 0 Å². The van der Waals surface area contributed by atoms with E-state index in [1.807, 2.05) is 11.3 Å². The van der Waals surface area contributed by atoms with Crippen molar-refractivity contribution in [1.29, 1.82) is 0 Å². The Hall–Kier alpha value is -2.06. The molecule has 148 valence electrons. The smallest absolute Gasteiger partial charge is 0.0308 e. The van der Waals surface area contributed by atoms with Gasteiger partial charge in [0.15, 0.2) is 0 Å². The molecule has 2 aromatic rings. The van der Waals surface area contributed by atoms with Gasteiger partial charge in [-0.1, -0.05) is 24.3 Å². The Morgan fingerprint density at radius 2 is 1.55 bits per heavy atom. The highest BCUT2D eigenvalue weighted by molar-refractivity contribution is 7.10. The van der Waals surface area contributed by atoms with Gasteiger partial charge in [0, 0.05) is 38.0 Å². The van der Waals surface area contributed by atoms with E-state index in [1.165, 1.54) is 77.8 Å². The normalized spacial score (nSPS) is 19.4. The molecule has 2 heterocycles. The Balaban J connectivity index is 1.48. The molecular weight excluding hydrogens is 370 g/mol. The molecule has 0 unspecified atom stereocenters. The van der Waals surface area contributed by atoms with Crippen molar-refractivity contribution in [2.75, 3.05) is 0 Å². The fraction of sp³-hybridized carbons (Fsp3) is 0.407. The average Bonchev–Trinajstić information content (AvgIpc) is 3.28. The third kappa shape index (κ3) is 2.72. The lowest BCUT2D eigenvalue weighted by Gasteiger charge is -2.23. The van der Waals surface area contributed by atoms with Gasteiger partial charge in [0.1, 0.15) is 0 Å². The summed E-state index contributed by atoms with van der Waals surface area (Å²) in [7, 11) is 0. The van der Waals surface area contributed by atoms with Crippen molar-refractivity contribution in [3.63, 3.8) is 0 Å². The van der Waals surface area contributed by atoms with Crippen molar-refractivity contribution in [2.24, 2.45) is 0 Å². The Bertz CT molecular complexity index is 1220. The number of allylic oxidation sites excluding steroid dienone is 3. The summed E-state index contributed by atoms with van der Waals surface area (Å²) in [6.07, 6.45) is 24.4. The van der Waals surface area contributed by atoms with Crippen LogP contribution < -0.4 is 9.75 Å². The Labute approximate surface area is 177 Å². The number of nitrogens with zero attached hydrogens (tertiary/aromatic N) is 1. The lowest BCUT2D eigenvalue weighted by molar-refractivity contribution is 0.547. The first-order chi connectivity index (χ1) is 14.2. The summed E-state index contributed by atoms with van der Waals surface area (Å²) >= 11 is 2.04. The van der Waals surface area contributed by atoms with Crippen molar-refractivity contribution in [2.45, 2.75) is 71.3 Å². The summed E-state index contributed by atoms with van der Waals surface area (Å²) in [5.41, 5.74) is 10.9. The van der Waals surface area contributed by atoms with Crippen LogP contribution in [0.5, 0.6) is 0 Å². The van der Waals surface area contributed by atoms with Gasteiger partial charge < -0.3 is 4.57 Å². The lowest BCUT2D eigenvalue weighted by atomic mass is 9.85. The molecule has 4 aliphatic rings. The average molecular weight is 400 g/mol. The van der Waals surface area contributed by atoms with Gasteiger partial charge in [-0.05, 0) is 99.3 Å². The highest BCUT2D eigenvalue weighted by Gasteiger charge is 2.27. The topological polar surface area (TPSA) is 4.93 Å². The minimum Gasteiger partial charge on any atom is -0.345 e. The molecule has 0 aliphatic heterocycles. The van der Waals surface area contributed by atoms with Gasteiger partial charge in [-0.2, -0.15) is 0 Å². The van der Waals surface area contributed by atoms with E-state index in [2.05, 4.69) is 54.9 Å². The second-order valence-corrected chi connectivity index (χ2v) is 10.3. The monoisotopic (exact) mass is 399 g/mol. The van der Waals surface area contributed by atoms with E-state index in [4.69, 9.17) is 0 Å². The maximum atomic E-state index is 2.65. The van der Waals surface area contributed by atoms with Crippen LogP contribution in [0.2, 0.25) is 0 Å². The molecule has 0 saturated heterocycles. The van der Waals surface area contributed by atoms with Gasteiger partial charge in [-0.15, -0.1) is 11.3 Å². The summed E-state index contributed by atoms with van der Waals surface area (Å²) in [4.78, 5) is 1.61. The number of thiophene rings is 1. The molecule has 0 saturated carbocycles. The molecule has 0 spiro atoms. The van der Waals surface area contributed by atoms with Crippen LogP contribution >= 0.6 is 11.3 Å². The van der Waals surface area contributed by atoms with Gasteiger partial charge in [-0.3, -0.25) is 0 Å². The van der Waals surface area contributed by atoms with Crippen LogP contribution in [0.15, 0.2) is 17.2 Å². The van der Waals surface area contributed by atoms with Gasteiger partial charge in [-0.25, -0.2) is 0 Å². The largest absolute Gasteiger partial charge is 0.345 e. The molecule has 0 radical (unpaired) electrons. The van der Waals surface area contributed by atoms with E-state index in [1.54, 1.807) is 27.4 Å². The van der Waals surface area contributed by atoms with Gasteiger partial charge in [0.05, 0.1) is 0 Å². The van der Waals surface area contributed by atoms with E-state index in [-0.39, 0.29) is 0 Å². The van der Waals surface area contributed by atoms with Gasteiger partial charge in [0.25, 0.3) is 0 Å². The first-order valence-electron chi connectivity index (χ1n) is 11.4. The van der Waals surface area contributed by atoms with Gasteiger partial charge >= 0.3 is 0 Å². The maximum absolute atomic E-state index is 2.65. The third-order valence-electron chi connectivity index (χ3n) is 7.08. The molecule has 0 N–H and O–H groups in total. The Morgan fingerprint density at radius 3 is 2.41 bits per heavy atom. The van der Waals surface area contributed by atoms with Crippen molar-refractivity contribution in [3.8, 4) is 0 Å². The predicted octanol–water partition coefficient (Wildman–Crippen LogP) is 5.80. The van der Waals surface area contributed by atoms with E-state index in [9.17, 15) is 0 Å². The summed E-state index contributed by atoms with van der Waals surface area (Å²) in [6, 6.07) is 0.550. The van der Waals surface area contributed by atoms with Crippen molar-refractivity contribution >= 4 is 41.7 Å². The molecule has 1 nitrogen and oxygen atoms in total. The number of rotatable bonds is 2. The molecule has 0 fully saturated rings. The quantitative estimate of drug-likeness (QED) is 0.601. The highest BCUT2D eigenvalue weighted by atomic mass is 32.1. The first kappa shape index (κ1) is 17.8. The van der Waals surface area contributed by atoms with Crippen molar-refractivity contribution in [1.82, 2.24) is 4.57 Å². The third-order valence-corrected chi connectivity index (χ3v) is 8.36. The zero-order valence-corrected chi connectivity index (χ0v) is 18.4. The summed E-state index contributed by atoms with van der Waals surface area (Å²) in [5, 5.41) is 1.52. The fourth-order valence-electron chi connectivity index (χ4n) is 5.81. The Kier molecular flexibility index (Phi) is 4.13. The van der Waals surface area contributed by atoms with Gasteiger partial charge in [0.2, 0.25) is 0 Å². The van der Waals surface area contributed by atoms with Crippen molar-refractivity contribution < 1.29 is 0 Å². The van der Waals surface area contributed by atoms with E-state index < -0.39 is 0 Å². The SMILES string of the molecule is CC(C)n1c2c(c3c1CCC(C1=Cc4c(sc5c4=CCCC=5)CC1)=C3)C=CCC2. The van der Waals surface area contributed by atoms with Crippen LogP contribution in [0.25, 0.3) is 30.4 Å². The second-order valence-electron chi connectivity index (χ2n) is 9.17. The minimum absolute atomic E-state index is 0.550. The van der Waals surface area contributed by atoms with Crippen LogP contribution in [0.1, 0.15) is 84.9 Å². The summed E-state index contributed by atoms with van der Waals surface area (Å²) < 4.78 is 4.17. The minimum atomic E-state index is 0.550. The van der Waals surface area contributed by atoms with E-state index in [0.29, 0.717) is 6.04 Å². The standard InChI is InChI=1S/C27H29NS/c1-17(2)28-24-9-5-3-7-20(24)22-15-18(11-13-25(22)28)19-12-14-27-23(16-19)21-8-4-6-10-26(21)29-27/h3,7-8,10,15-17H,4-6,9,11-14H2,1-2H3. The molecule has 6 rings (SSSR count). The number of aromatic nitrogens is 1. The zero-order valence-electron chi connectivity index (χ0n) is 17.6. The lowest BCUT2D eigenvalue weighted by Crippen LogP contribution is -2.23. The van der Waals surface area contributed by atoms with E-state index >= 15 is 0 Å². The predicted molar refractivity (Wildman–Crippen MR) is 127 cm³/mol. The molecule has 0 bridgehead atoms. The van der Waals surface area contributed by atoms with Crippen molar-refractivity contribution in [3.05, 3.63) is 59.9 Å². The maximum Gasteiger partial charge on any atom is 0.0308 e. The summed E-state index contributed by atoms with van der Waals surface area (Å²) in [6.45, 7) is 4.69. The van der Waals surface area contributed by atoms with Crippen LogP contribution in [-0.2, 0) is 19.3 Å². The number of fused-ring (bicyclic) bond motifs is 6. The molecule has 4 aliphatic carbocycles. The van der Waals surface area contributed by atoms with E-state index in [0.717, 1.165) is 0 Å². The second kappa shape index (κ2) is 6.74. The molecular formula is C27H29NS. The fourth-order valence-corrected chi connectivity index (χ4v) is 7.06. The number of aryl methyl sites for hydroxylation is 1. The van der Waals surface area contributed by atoms with Crippen LogP contribution in [0.4, 0.5) is 0 Å². The van der Waals surface area contributed by atoms with Crippen LogP contribution in [0.3, 0.4) is 0 Å². The number of hydrogen-bond acceptors (Lipinski definition) is 1. The van der Waals surface area contributed by atoms with Crippen LogP contribution in [-0.4, -0.2) is 4.57 Å².